The lowest BCUT2D eigenvalue weighted by molar-refractivity contribution is -0.385. The number of hydrogen-bond donors (Lipinski definition) is 2. The highest BCUT2D eigenvalue weighted by atomic mass is 16.6. The molecule has 1 aromatic rings. The number of nitrogens with zero attached hydrogens (tertiary/aromatic N) is 1. The van der Waals surface area contributed by atoms with Crippen molar-refractivity contribution in [3.05, 3.63) is 39.9 Å². The predicted molar refractivity (Wildman–Crippen MR) is 72.7 cm³/mol. The van der Waals surface area contributed by atoms with Gasteiger partial charge in [0.1, 0.15) is 0 Å². The third-order valence-electron chi connectivity index (χ3n) is 2.89. The Morgan fingerprint density at radius 3 is 2.74 bits per heavy atom. The van der Waals surface area contributed by atoms with E-state index in [1.165, 1.54) is 6.07 Å². The maximum Gasteiger partial charge on any atom is 0.274 e. The molecule has 1 atom stereocenters. The number of amides is 1. The average Bonchev–Trinajstić information content (AvgIpc) is 2.42. The van der Waals surface area contributed by atoms with Crippen molar-refractivity contribution < 1.29 is 9.72 Å². The van der Waals surface area contributed by atoms with Crippen LogP contribution in [0.1, 0.15) is 25.8 Å². The standard InChI is InChI=1S/C13H19N3O3/c1-3-10(2)14-9-13(17)15-8-11-6-4-5-7-12(11)16(18)19/h4-7,10,14H,3,8-9H2,1-2H3,(H,15,17). The quantitative estimate of drug-likeness (QED) is 0.579. The largest absolute Gasteiger partial charge is 0.351 e. The topological polar surface area (TPSA) is 84.3 Å². The third-order valence-corrected chi connectivity index (χ3v) is 2.89. The van der Waals surface area contributed by atoms with Crippen LogP contribution in [-0.2, 0) is 11.3 Å². The summed E-state index contributed by atoms with van der Waals surface area (Å²) in [7, 11) is 0. The van der Waals surface area contributed by atoms with E-state index in [4.69, 9.17) is 0 Å². The maximum atomic E-state index is 11.6. The molecule has 1 rings (SSSR count). The molecule has 0 aliphatic heterocycles. The number of nitrogens with one attached hydrogen (secondary N) is 2. The van der Waals surface area contributed by atoms with Gasteiger partial charge < -0.3 is 10.6 Å². The molecule has 1 amide bonds. The molecule has 6 heteroatoms. The summed E-state index contributed by atoms with van der Waals surface area (Å²) in [4.78, 5) is 21.9. The molecule has 6 nitrogen and oxygen atoms in total. The average molecular weight is 265 g/mol. The van der Waals surface area contributed by atoms with Crippen molar-refractivity contribution in [3.8, 4) is 0 Å². The lowest BCUT2D eigenvalue weighted by atomic mass is 10.2. The van der Waals surface area contributed by atoms with Gasteiger partial charge in [0, 0.05) is 24.2 Å². The van der Waals surface area contributed by atoms with Gasteiger partial charge in [-0.1, -0.05) is 25.1 Å². The fourth-order valence-corrected chi connectivity index (χ4v) is 1.51. The number of hydrogen-bond acceptors (Lipinski definition) is 4. The maximum absolute atomic E-state index is 11.6. The molecular weight excluding hydrogens is 246 g/mol. The zero-order chi connectivity index (χ0) is 14.3. The van der Waals surface area contributed by atoms with Crippen molar-refractivity contribution in [2.45, 2.75) is 32.9 Å². The smallest absolute Gasteiger partial charge is 0.274 e. The molecule has 0 heterocycles. The fourth-order valence-electron chi connectivity index (χ4n) is 1.51. The second-order valence-corrected chi connectivity index (χ2v) is 4.35. The van der Waals surface area contributed by atoms with Crippen LogP contribution in [0.25, 0.3) is 0 Å². The van der Waals surface area contributed by atoms with Gasteiger partial charge in [-0.2, -0.15) is 0 Å². The Kier molecular flexibility index (Phi) is 5.95. The van der Waals surface area contributed by atoms with Gasteiger partial charge in [-0.3, -0.25) is 14.9 Å². The summed E-state index contributed by atoms with van der Waals surface area (Å²) in [6.45, 7) is 4.41. The lowest BCUT2D eigenvalue weighted by Crippen LogP contribution is -2.37. The molecule has 0 radical (unpaired) electrons. The molecule has 0 saturated heterocycles. The zero-order valence-corrected chi connectivity index (χ0v) is 11.2. The molecule has 0 spiro atoms. The van der Waals surface area contributed by atoms with Crippen LogP contribution in [-0.4, -0.2) is 23.4 Å². The monoisotopic (exact) mass is 265 g/mol. The molecule has 19 heavy (non-hydrogen) atoms. The SMILES string of the molecule is CCC(C)NCC(=O)NCc1ccccc1[N+](=O)[O-]. The van der Waals surface area contributed by atoms with Gasteiger partial charge in [0.05, 0.1) is 11.5 Å². The number of para-hydroxylation sites is 1. The number of carbonyl (C=O) groups excluding carboxylic acids is 1. The van der Waals surface area contributed by atoms with Crippen molar-refractivity contribution in [1.82, 2.24) is 10.6 Å². The Balaban J connectivity index is 2.48. The molecule has 0 fully saturated rings. The highest BCUT2D eigenvalue weighted by molar-refractivity contribution is 5.78. The van der Waals surface area contributed by atoms with Crippen molar-refractivity contribution in [2.75, 3.05) is 6.54 Å². The van der Waals surface area contributed by atoms with E-state index in [9.17, 15) is 14.9 Å². The van der Waals surface area contributed by atoms with E-state index in [1.807, 2.05) is 13.8 Å². The first-order valence-electron chi connectivity index (χ1n) is 6.27. The Morgan fingerprint density at radius 2 is 2.11 bits per heavy atom. The number of nitro benzene ring substituents is 1. The first-order chi connectivity index (χ1) is 9.04. The summed E-state index contributed by atoms with van der Waals surface area (Å²) in [5.41, 5.74) is 0.530. The van der Waals surface area contributed by atoms with E-state index in [1.54, 1.807) is 18.2 Å². The van der Waals surface area contributed by atoms with Crippen LogP contribution in [0.3, 0.4) is 0 Å². The van der Waals surface area contributed by atoms with Gasteiger partial charge in [0.2, 0.25) is 5.91 Å². The second-order valence-electron chi connectivity index (χ2n) is 4.35. The summed E-state index contributed by atoms with van der Waals surface area (Å²) in [5, 5.41) is 16.5. The lowest BCUT2D eigenvalue weighted by Gasteiger charge is -2.11. The molecule has 1 unspecified atom stereocenters. The number of rotatable bonds is 7. The Labute approximate surface area is 112 Å². The Bertz CT molecular complexity index is 449. The van der Waals surface area contributed by atoms with E-state index in [-0.39, 0.29) is 30.7 Å². The summed E-state index contributed by atoms with van der Waals surface area (Å²) >= 11 is 0. The first kappa shape index (κ1) is 15.1. The van der Waals surface area contributed by atoms with Crippen molar-refractivity contribution in [2.24, 2.45) is 0 Å². The molecule has 0 aromatic heterocycles. The highest BCUT2D eigenvalue weighted by Crippen LogP contribution is 2.16. The highest BCUT2D eigenvalue weighted by Gasteiger charge is 2.12. The molecule has 0 bridgehead atoms. The second kappa shape index (κ2) is 7.48. The number of benzene rings is 1. The number of carbonyl (C=O) groups is 1. The summed E-state index contributed by atoms with van der Waals surface area (Å²) < 4.78 is 0. The minimum atomic E-state index is -0.446. The molecule has 0 aliphatic rings. The molecule has 0 aliphatic carbocycles. The van der Waals surface area contributed by atoms with Crippen LogP contribution in [0.2, 0.25) is 0 Å². The van der Waals surface area contributed by atoms with Crippen LogP contribution in [0.15, 0.2) is 24.3 Å². The van der Waals surface area contributed by atoms with Crippen molar-refractivity contribution >= 4 is 11.6 Å². The van der Waals surface area contributed by atoms with Crippen molar-refractivity contribution in [3.63, 3.8) is 0 Å². The van der Waals surface area contributed by atoms with Crippen LogP contribution in [0, 0.1) is 10.1 Å². The molecular formula is C13H19N3O3. The summed E-state index contributed by atoms with van der Waals surface area (Å²) in [6, 6.07) is 6.66. The van der Waals surface area contributed by atoms with E-state index in [0.717, 1.165) is 6.42 Å². The molecule has 104 valence electrons. The minimum absolute atomic E-state index is 0.0256. The minimum Gasteiger partial charge on any atom is -0.351 e. The fraction of sp³-hybridized carbons (Fsp3) is 0.462. The molecule has 1 aromatic carbocycles. The van der Waals surface area contributed by atoms with Gasteiger partial charge in [-0.15, -0.1) is 0 Å². The number of nitro groups is 1. The van der Waals surface area contributed by atoms with E-state index in [0.29, 0.717) is 5.56 Å². The zero-order valence-electron chi connectivity index (χ0n) is 11.2. The van der Waals surface area contributed by atoms with Crippen LogP contribution >= 0.6 is 0 Å². The predicted octanol–water partition coefficient (Wildman–Crippen LogP) is 1.60. The Hall–Kier alpha value is -1.95. The summed E-state index contributed by atoms with van der Waals surface area (Å²) in [6.07, 6.45) is 0.942. The van der Waals surface area contributed by atoms with Crippen LogP contribution < -0.4 is 10.6 Å². The molecule has 2 N–H and O–H groups in total. The van der Waals surface area contributed by atoms with E-state index < -0.39 is 4.92 Å². The Morgan fingerprint density at radius 1 is 1.42 bits per heavy atom. The van der Waals surface area contributed by atoms with Crippen LogP contribution in [0.5, 0.6) is 0 Å². The van der Waals surface area contributed by atoms with Crippen molar-refractivity contribution in [1.29, 1.82) is 0 Å². The van der Waals surface area contributed by atoms with Gasteiger partial charge in [0.15, 0.2) is 0 Å². The van der Waals surface area contributed by atoms with E-state index in [2.05, 4.69) is 10.6 Å². The van der Waals surface area contributed by atoms with Gasteiger partial charge in [-0.25, -0.2) is 0 Å². The van der Waals surface area contributed by atoms with Gasteiger partial charge in [0.25, 0.3) is 5.69 Å². The third kappa shape index (κ3) is 5.05. The van der Waals surface area contributed by atoms with Gasteiger partial charge >= 0.3 is 0 Å². The summed E-state index contributed by atoms with van der Waals surface area (Å²) in [5.74, 6) is -0.168. The van der Waals surface area contributed by atoms with E-state index >= 15 is 0 Å². The first-order valence-corrected chi connectivity index (χ1v) is 6.27. The van der Waals surface area contributed by atoms with Gasteiger partial charge in [-0.05, 0) is 13.3 Å². The molecule has 0 saturated carbocycles. The van der Waals surface area contributed by atoms with Crippen LogP contribution in [0.4, 0.5) is 5.69 Å². The normalized spacial score (nSPS) is 11.9.